The molecule has 0 saturated carbocycles. The van der Waals surface area contributed by atoms with Crippen LogP contribution in [0.2, 0.25) is 0 Å². The van der Waals surface area contributed by atoms with Crippen molar-refractivity contribution in [2.75, 3.05) is 41.3 Å². The van der Waals surface area contributed by atoms with E-state index in [1.54, 1.807) is 0 Å². The van der Waals surface area contributed by atoms with Gasteiger partial charge in [0.15, 0.2) is 0 Å². The van der Waals surface area contributed by atoms with E-state index in [4.69, 9.17) is 0 Å². The second kappa shape index (κ2) is 9.08. The number of hydrogen-bond acceptors (Lipinski definition) is 8. The molecule has 154 valence electrons. The number of ether oxygens (including phenoxy) is 1. The molecule has 0 aliphatic heterocycles. The van der Waals surface area contributed by atoms with Crippen molar-refractivity contribution in [3.8, 4) is 0 Å². The van der Waals surface area contributed by atoms with Crippen LogP contribution in [0.15, 0.2) is 0 Å². The van der Waals surface area contributed by atoms with Gasteiger partial charge in [0, 0.05) is 28.2 Å². The van der Waals surface area contributed by atoms with Crippen LogP contribution in [-0.4, -0.2) is 89.6 Å². The minimum Gasteiger partial charge on any atom is -0.465 e. The van der Waals surface area contributed by atoms with Gasteiger partial charge >= 0.3 is 25.6 Å². The molecule has 0 heterocycles. The molecule has 4 N–H and O–H groups in total. The number of hydrogen-bond donors (Lipinski definition) is 4. The topological polar surface area (TPSA) is 135 Å². The first-order valence-electron chi connectivity index (χ1n) is 7.08. The van der Waals surface area contributed by atoms with Gasteiger partial charge in [-0.05, 0) is 6.92 Å². The molecule has 0 rings (SSSR count). The Bertz CT molecular complexity index is 543. The van der Waals surface area contributed by atoms with Gasteiger partial charge in [-0.25, -0.2) is 20.9 Å². The molecule has 0 aromatic carbocycles. The molecular weight excluding hydrogens is 386 g/mol. The smallest absolute Gasteiger partial charge is 0.465 e. The highest BCUT2D eigenvalue weighted by atomic mass is 31.2. The first-order valence-corrected chi connectivity index (χ1v) is 8.70. The van der Waals surface area contributed by atoms with Crippen LogP contribution >= 0.6 is 7.60 Å². The summed E-state index contributed by atoms with van der Waals surface area (Å²) < 4.78 is 55.8. The van der Waals surface area contributed by atoms with Gasteiger partial charge in [0.1, 0.15) is 6.54 Å². The van der Waals surface area contributed by atoms with E-state index in [-0.39, 0.29) is 11.5 Å². The van der Waals surface area contributed by atoms with E-state index >= 15 is 0 Å². The monoisotopic (exact) mass is 409 g/mol. The minimum absolute atomic E-state index is 0.210. The Morgan fingerprint density at radius 3 is 1.77 bits per heavy atom. The third-order valence-electron chi connectivity index (χ3n) is 2.65. The number of amides is 1. The molecule has 11 nitrogen and oxygen atoms in total. The fraction of sp³-hybridized carbons (Fsp3) is 0.818. The number of halogens is 3. The number of alkyl halides is 3. The zero-order valence-corrected chi connectivity index (χ0v) is 15.8. The predicted molar refractivity (Wildman–Crippen MR) is 82.8 cm³/mol. The summed E-state index contributed by atoms with van der Waals surface area (Å²) in [5.41, 5.74) is 1.05. The lowest BCUT2D eigenvalue weighted by atomic mass is 10.4. The Hall–Kier alpha value is -1.28. The number of nitrogens with one attached hydrogen (secondary N) is 2. The van der Waals surface area contributed by atoms with Gasteiger partial charge in [-0.15, -0.1) is 0 Å². The molecule has 0 aliphatic carbocycles. The van der Waals surface area contributed by atoms with E-state index < -0.39 is 37.7 Å². The van der Waals surface area contributed by atoms with Crippen LogP contribution in [0.25, 0.3) is 0 Å². The molecule has 0 fully saturated rings. The molecule has 0 spiro atoms. The van der Waals surface area contributed by atoms with Gasteiger partial charge in [0.2, 0.25) is 0 Å². The van der Waals surface area contributed by atoms with Crippen LogP contribution in [-0.2, 0) is 18.9 Å². The van der Waals surface area contributed by atoms with Gasteiger partial charge in [0.25, 0.3) is 5.53 Å². The lowest BCUT2D eigenvalue weighted by Crippen LogP contribution is -2.75. The summed E-state index contributed by atoms with van der Waals surface area (Å²) in [5.74, 6) is -3.94. The maximum Gasteiger partial charge on any atom is 0.471 e. The Morgan fingerprint density at radius 1 is 1.08 bits per heavy atom. The van der Waals surface area contributed by atoms with E-state index in [0.717, 1.165) is 10.0 Å². The van der Waals surface area contributed by atoms with Crippen LogP contribution in [0.1, 0.15) is 6.92 Å². The second-order valence-electron chi connectivity index (χ2n) is 5.42. The van der Waals surface area contributed by atoms with Gasteiger partial charge in [-0.3, -0.25) is 19.1 Å². The van der Waals surface area contributed by atoms with Crippen LogP contribution in [0.4, 0.5) is 13.2 Å². The van der Waals surface area contributed by atoms with Crippen molar-refractivity contribution in [2.24, 2.45) is 0 Å². The van der Waals surface area contributed by atoms with Crippen LogP contribution in [0, 0.1) is 0 Å². The summed E-state index contributed by atoms with van der Waals surface area (Å²) in [5, 5.41) is 1.83. The molecule has 0 aromatic heterocycles. The molecule has 0 aromatic rings. The zero-order valence-electron chi connectivity index (χ0n) is 14.9. The largest absolute Gasteiger partial charge is 0.471 e. The Balaban J connectivity index is 6.49. The number of esters is 1. The maximum atomic E-state index is 13.0. The number of nitrogens with zero attached hydrogens (tertiary/aromatic N) is 3. The second-order valence-corrected chi connectivity index (χ2v) is 7.16. The van der Waals surface area contributed by atoms with Gasteiger partial charge in [-0.1, -0.05) is 0 Å². The SMILES string of the molecule is CCOC(=O)CN(C(=O)C(F)(F)F)C(NN(C)C)(NN(C)C)P(=O)(O)O. The summed E-state index contributed by atoms with van der Waals surface area (Å²) in [6.07, 6.45) is -5.52. The van der Waals surface area contributed by atoms with Gasteiger partial charge < -0.3 is 14.5 Å². The van der Waals surface area contributed by atoms with E-state index in [0.29, 0.717) is 0 Å². The lowest BCUT2D eigenvalue weighted by Gasteiger charge is -2.46. The average Bonchev–Trinajstić information content (AvgIpc) is 2.40. The molecule has 1 amide bonds. The molecule has 0 aliphatic rings. The van der Waals surface area contributed by atoms with Gasteiger partial charge in [0.05, 0.1) is 6.61 Å². The predicted octanol–water partition coefficient (Wildman–Crippen LogP) is -1.14. The van der Waals surface area contributed by atoms with Crippen molar-refractivity contribution in [3.63, 3.8) is 0 Å². The molecule has 0 radical (unpaired) electrons. The van der Waals surface area contributed by atoms with Crippen LogP contribution in [0.3, 0.4) is 0 Å². The Labute approximate surface area is 148 Å². The maximum absolute atomic E-state index is 13.0. The van der Waals surface area contributed by atoms with E-state index in [1.807, 2.05) is 0 Å². The van der Waals surface area contributed by atoms with Crippen molar-refractivity contribution in [3.05, 3.63) is 0 Å². The van der Waals surface area contributed by atoms with E-state index in [1.165, 1.54) is 35.1 Å². The first-order chi connectivity index (χ1) is 11.6. The Morgan fingerprint density at radius 2 is 1.50 bits per heavy atom. The third kappa shape index (κ3) is 6.46. The van der Waals surface area contributed by atoms with Crippen molar-refractivity contribution in [1.29, 1.82) is 0 Å². The first kappa shape index (κ1) is 24.7. The molecule has 0 atom stereocenters. The average molecular weight is 409 g/mol. The van der Waals surface area contributed by atoms with Crippen LogP contribution < -0.4 is 10.9 Å². The van der Waals surface area contributed by atoms with E-state index in [9.17, 15) is 37.1 Å². The molecular formula is C11H23F3N5O6P. The highest BCUT2D eigenvalue weighted by Crippen LogP contribution is 2.50. The normalized spacial score (nSPS) is 13.2. The zero-order chi connectivity index (χ0) is 20.9. The van der Waals surface area contributed by atoms with Crippen molar-refractivity contribution >= 4 is 19.5 Å². The fourth-order valence-corrected chi connectivity index (χ4v) is 3.02. The van der Waals surface area contributed by atoms with E-state index in [2.05, 4.69) is 15.6 Å². The van der Waals surface area contributed by atoms with Crippen LogP contribution in [0.5, 0.6) is 0 Å². The molecule has 0 bridgehead atoms. The van der Waals surface area contributed by atoms with Crippen molar-refractivity contribution in [1.82, 2.24) is 25.8 Å². The summed E-state index contributed by atoms with van der Waals surface area (Å²) in [7, 11) is -0.679. The highest BCUT2D eigenvalue weighted by Gasteiger charge is 2.60. The Kier molecular flexibility index (Phi) is 8.63. The standard InChI is InChI=1S/C11H23F3N5O6P/c1-6-25-8(20)7-19(9(21)10(12,13)14)11(15-17(2)3,16-18(4)5)26(22,23)24/h15-16H,6-7H2,1-5H3,(H2,22,23,24). The summed E-state index contributed by atoms with van der Waals surface area (Å²) >= 11 is 0. The molecule has 0 unspecified atom stereocenters. The quantitative estimate of drug-likeness (QED) is 0.160. The summed E-state index contributed by atoms with van der Waals surface area (Å²) in [4.78, 5) is 42.8. The summed E-state index contributed by atoms with van der Waals surface area (Å²) in [6, 6.07) is 0. The molecule has 15 heteroatoms. The fourth-order valence-electron chi connectivity index (χ4n) is 1.88. The van der Waals surface area contributed by atoms with Crippen molar-refractivity contribution < 1.29 is 41.8 Å². The number of rotatable bonds is 9. The lowest BCUT2D eigenvalue weighted by molar-refractivity contribution is -0.197. The number of hydrazine groups is 2. The molecule has 0 saturated heterocycles. The third-order valence-corrected chi connectivity index (χ3v) is 3.94. The summed E-state index contributed by atoms with van der Waals surface area (Å²) in [6.45, 7) is -0.211. The number of carbonyl (C=O) groups is 2. The minimum atomic E-state index is -5.58. The van der Waals surface area contributed by atoms with Crippen molar-refractivity contribution in [2.45, 2.75) is 18.6 Å². The molecule has 26 heavy (non-hydrogen) atoms. The number of carbonyl (C=O) groups excluding carboxylic acids is 2. The van der Waals surface area contributed by atoms with Gasteiger partial charge in [-0.2, -0.15) is 13.2 Å². The highest BCUT2D eigenvalue weighted by molar-refractivity contribution is 7.53.